The number of rotatable bonds is 5. The molecule has 0 aliphatic carbocycles. The first kappa shape index (κ1) is 20.1. The fourth-order valence-electron chi connectivity index (χ4n) is 2.54. The van der Waals surface area contributed by atoms with E-state index in [-0.39, 0.29) is 24.5 Å². The molecule has 11 heteroatoms. The number of anilines is 1. The maximum Gasteiger partial charge on any atom is 0.416 e. The summed E-state index contributed by atoms with van der Waals surface area (Å²) in [6, 6.07) is 8.71. The van der Waals surface area contributed by atoms with E-state index in [0.717, 1.165) is 24.3 Å². The van der Waals surface area contributed by atoms with Crippen LogP contribution in [-0.4, -0.2) is 31.9 Å². The predicted molar refractivity (Wildman–Crippen MR) is 99.2 cm³/mol. The summed E-state index contributed by atoms with van der Waals surface area (Å²) in [6.45, 7) is 0.199. The van der Waals surface area contributed by atoms with Gasteiger partial charge in [0, 0.05) is 25.5 Å². The van der Waals surface area contributed by atoms with Gasteiger partial charge in [-0.15, -0.1) is 5.10 Å². The van der Waals surface area contributed by atoms with E-state index < -0.39 is 17.8 Å². The third kappa shape index (κ3) is 4.81. The predicted octanol–water partition coefficient (Wildman–Crippen LogP) is 2.48. The van der Waals surface area contributed by atoms with Crippen molar-refractivity contribution in [3.63, 3.8) is 0 Å². The number of benzene rings is 1. The Morgan fingerprint density at radius 1 is 1.14 bits per heavy atom. The van der Waals surface area contributed by atoms with Crippen LogP contribution in [0.3, 0.4) is 0 Å². The number of amides is 2. The lowest BCUT2D eigenvalue weighted by Crippen LogP contribution is -2.34. The SMILES string of the molecule is Cn1c(-c2ccccn2)nn(CCNC(=O)Nc2ccc(C(F)(F)F)cc2)c1=O. The van der Waals surface area contributed by atoms with E-state index in [4.69, 9.17) is 0 Å². The number of carbonyl (C=O) groups is 1. The molecule has 29 heavy (non-hydrogen) atoms. The van der Waals surface area contributed by atoms with Crippen molar-refractivity contribution in [1.82, 2.24) is 24.6 Å². The van der Waals surface area contributed by atoms with Gasteiger partial charge in [0.1, 0.15) is 5.69 Å². The molecular formula is C18H17F3N6O2. The summed E-state index contributed by atoms with van der Waals surface area (Å²) in [6.07, 6.45) is -2.85. The summed E-state index contributed by atoms with van der Waals surface area (Å²) in [5.41, 5.74) is -0.418. The smallest absolute Gasteiger partial charge is 0.336 e. The minimum absolute atomic E-state index is 0.0883. The molecule has 0 fully saturated rings. The van der Waals surface area contributed by atoms with Crippen LogP contribution >= 0.6 is 0 Å². The second-order valence-corrected chi connectivity index (χ2v) is 6.06. The molecule has 3 aromatic rings. The molecule has 0 bridgehead atoms. The fourth-order valence-corrected chi connectivity index (χ4v) is 2.54. The fraction of sp³-hybridized carbons (Fsp3) is 0.222. The van der Waals surface area contributed by atoms with Gasteiger partial charge in [0.05, 0.1) is 12.1 Å². The first-order chi connectivity index (χ1) is 13.8. The summed E-state index contributed by atoms with van der Waals surface area (Å²) in [5.74, 6) is 0.393. The van der Waals surface area contributed by atoms with Gasteiger partial charge in [-0.25, -0.2) is 14.3 Å². The number of nitrogens with one attached hydrogen (secondary N) is 2. The molecular weight excluding hydrogens is 389 g/mol. The Balaban J connectivity index is 1.56. The molecule has 2 amide bonds. The maximum absolute atomic E-state index is 12.5. The number of halogens is 3. The average Bonchev–Trinajstić information content (AvgIpc) is 2.97. The van der Waals surface area contributed by atoms with Crippen molar-refractivity contribution >= 4 is 11.7 Å². The van der Waals surface area contributed by atoms with Crippen LogP contribution in [0.1, 0.15) is 5.56 Å². The molecule has 0 saturated heterocycles. The van der Waals surface area contributed by atoms with Crippen LogP contribution in [-0.2, 0) is 19.8 Å². The van der Waals surface area contributed by atoms with Gasteiger partial charge < -0.3 is 10.6 Å². The topological polar surface area (TPSA) is 93.8 Å². The van der Waals surface area contributed by atoms with Gasteiger partial charge >= 0.3 is 17.9 Å². The number of hydrogen-bond acceptors (Lipinski definition) is 4. The second-order valence-electron chi connectivity index (χ2n) is 6.06. The Morgan fingerprint density at radius 3 is 2.48 bits per heavy atom. The molecule has 0 radical (unpaired) electrons. The van der Waals surface area contributed by atoms with Crippen LogP contribution in [0.2, 0.25) is 0 Å². The Hall–Kier alpha value is -3.63. The number of urea groups is 1. The highest BCUT2D eigenvalue weighted by atomic mass is 19.4. The van der Waals surface area contributed by atoms with Crippen molar-refractivity contribution in [2.24, 2.45) is 7.05 Å². The zero-order valence-electron chi connectivity index (χ0n) is 15.3. The Morgan fingerprint density at radius 2 is 1.86 bits per heavy atom. The van der Waals surface area contributed by atoms with Gasteiger partial charge in [-0.05, 0) is 36.4 Å². The summed E-state index contributed by atoms with van der Waals surface area (Å²) in [4.78, 5) is 28.3. The maximum atomic E-state index is 12.5. The largest absolute Gasteiger partial charge is 0.416 e. The molecule has 2 heterocycles. The van der Waals surface area contributed by atoms with E-state index in [2.05, 4.69) is 20.7 Å². The molecule has 0 unspecified atom stereocenters. The van der Waals surface area contributed by atoms with E-state index in [1.807, 2.05) is 0 Å². The molecule has 0 aliphatic heterocycles. The lowest BCUT2D eigenvalue weighted by molar-refractivity contribution is -0.137. The number of carbonyl (C=O) groups excluding carboxylic acids is 1. The molecule has 3 rings (SSSR count). The third-order valence-electron chi connectivity index (χ3n) is 4.01. The monoisotopic (exact) mass is 406 g/mol. The highest BCUT2D eigenvalue weighted by molar-refractivity contribution is 5.89. The number of nitrogens with zero attached hydrogens (tertiary/aromatic N) is 4. The summed E-state index contributed by atoms with van der Waals surface area (Å²) < 4.78 is 40.2. The summed E-state index contributed by atoms with van der Waals surface area (Å²) in [5, 5.41) is 9.17. The van der Waals surface area contributed by atoms with E-state index >= 15 is 0 Å². The third-order valence-corrected chi connectivity index (χ3v) is 4.01. The molecule has 2 aromatic heterocycles. The van der Waals surface area contributed by atoms with Crippen LogP contribution in [0.4, 0.5) is 23.7 Å². The van der Waals surface area contributed by atoms with Gasteiger partial charge in [-0.1, -0.05) is 6.07 Å². The van der Waals surface area contributed by atoms with Gasteiger partial charge in [0.15, 0.2) is 5.82 Å². The van der Waals surface area contributed by atoms with Crippen LogP contribution in [0.15, 0.2) is 53.5 Å². The van der Waals surface area contributed by atoms with Crippen LogP contribution < -0.4 is 16.3 Å². The minimum atomic E-state index is -4.44. The van der Waals surface area contributed by atoms with Crippen LogP contribution in [0, 0.1) is 0 Å². The molecule has 152 valence electrons. The summed E-state index contributed by atoms with van der Waals surface area (Å²) >= 11 is 0. The first-order valence-corrected chi connectivity index (χ1v) is 8.53. The average molecular weight is 406 g/mol. The number of hydrogen-bond donors (Lipinski definition) is 2. The standard InChI is InChI=1S/C18H17F3N6O2/c1-26-15(14-4-2-3-9-22-14)25-27(17(26)29)11-10-23-16(28)24-13-7-5-12(6-8-13)18(19,20)21/h2-9H,10-11H2,1H3,(H2,23,24,28). The minimum Gasteiger partial charge on any atom is -0.336 e. The quantitative estimate of drug-likeness (QED) is 0.681. The van der Waals surface area contributed by atoms with Gasteiger partial charge in [-0.2, -0.15) is 13.2 Å². The Bertz CT molecular complexity index is 1040. The van der Waals surface area contributed by atoms with Gasteiger partial charge in [-0.3, -0.25) is 9.55 Å². The highest BCUT2D eigenvalue weighted by Crippen LogP contribution is 2.29. The number of pyridine rings is 1. The molecule has 0 aliphatic rings. The zero-order chi connectivity index (χ0) is 21.0. The lowest BCUT2D eigenvalue weighted by atomic mass is 10.2. The number of alkyl halides is 3. The van der Waals surface area contributed by atoms with Crippen molar-refractivity contribution < 1.29 is 18.0 Å². The van der Waals surface area contributed by atoms with E-state index in [0.29, 0.717) is 11.5 Å². The Labute approximate surface area is 163 Å². The van der Waals surface area contributed by atoms with Crippen molar-refractivity contribution in [2.75, 3.05) is 11.9 Å². The van der Waals surface area contributed by atoms with Crippen LogP contribution in [0.5, 0.6) is 0 Å². The second kappa shape index (κ2) is 8.17. The molecule has 0 atom stereocenters. The van der Waals surface area contributed by atoms with Gasteiger partial charge in [0.2, 0.25) is 0 Å². The first-order valence-electron chi connectivity index (χ1n) is 8.53. The van der Waals surface area contributed by atoms with Crippen molar-refractivity contribution in [3.05, 3.63) is 64.7 Å². The summed E-state index contributed by atoms with van der Waals surface area (Å²) in [7, 11) is 1.57. The highest BCUT2D eigenvalue weighted by Gasteiger charge is 2.29. The van der Waals surface area contributed by atoms with E-state index in [9.17, 15) is 22.8 Å². The van der Waals surface area contributed by atoms with Crippen molar-refractivity contribution in [2.45, 2.75) is 12.7 Å². The van der Waals surface area contributed by atoms with Gasteiger partial charge in [0.25, 0.3) is 0 Å². The Kier molecular flexibility index (Phi) is 5.66. The zero-order valence-corrected chi connectivity index (χ0v) is 15.3. The molecule has 2 N–H and O–H groups in total. The lowest BCUT2D eigenvalue weighted by Gasteiger charge is -2.09. The molecule has 1 aromatic carbocycles. The number of aromatic nitrogens is 4. The normalized spacial score (nSPS) is 11.3. The molecule has 0 saturated carbocycles. The van der Waals surface area contributed by atoms with E-state index in [1.165, 1.54) is 9.25 Å². The van der Waals surface area contributed by atoms with Crippen molar-refractivity contribution in [1.29, 1.82) is 0 Å². The molecule has 0 spiro atoms. The van der Waals surface area contributed by atoms with E-state index in [1.54, 1.807) is 31.4 Å². The molecule has 8 nitrogen and oxygen atoms in total. The van der Waals surface area contributed by atoms with Crippen LogP contribution in [0.25, 0.3) is 11.5 Å². The van der Waals surface area contributed by atoms with Crippen molar-refractivity contribution in [3.8, 4) is 11.5 Å².